The molecule has 61 heavy (non-hydrogen) atoms. The topological polar surface area (TPSA) is 266 Å². The van der Waals surface area contributed by atoms with E-state index in [2.05, 4.69) is 29.9 Å². The number of anilines is 1. The third-order valence-electron chi connectivity index (χ3n) is 9.61. The van der Waals surface area contributed by atoms with Crippen LogP contribution in [0.3, 0.4) is 0 Å². The van der Waals surface area contributed by atoms with E-state index in [9.17, 15) is 23.5 Å². The molecule has 7 atom stereocenters. The van der Waals surface area contributed by atoms with Gasteiger partial charge in [-0.05, 0) is 54.4 Å². The fraction of sp³-hybridized carbons (Fsp3) is 0.588. The van der Waals surface area contributed by atoms with Crippen molar-refractivity contribution in [3.63, 3.8) is 0 Å². The Balaban J connectivity index is 1.29. The molecule has 332 valence electrons. The van der Waals surface area contributed by atoms with Gasteiger partial charge in [-0.15, -0.1) is 0 Å². The van der Waals surface area contributed by atoms with Gasteiger partial charge in [-0.1, -0.05) is 0 Å². The number of rotatable bonds is 8. The molecule has 7 rings (SSSR count). The molecule has 0 amide bonds. The number of hydrogen-bond acceptors (Lipinski definition) is 20. The van der Waals surface area contributed by atoms with E-state index in [0.717, 1.165) is 12.7 Å². The SMILES string of the molecule is CC(C)(C)C(=O)OCSP1(=O)OC[C@H]2O[C@@H](n3cnc4c(N)ncnc43)C(F)C2OP(=O)(SCOC(=O)C(C)(C)C)OCCC2(F)CCC(n3cnc4c(=O)[nH]cnc43)=C2O1. The Labute approximate surface area is 354 Å². The standard InChI is InChI=1S/C34H43F2N9O12P2S2/c1-32(2,3)30(47)51-16-60-58(49)53-10-9-34(36)8-7-18(44-14-43-22-27(44)40-13-41-28(22)46)24(34)57-59(50,61-17-52-31(48)33(4,5)6)54-11-19-23(56-58)20(35)29(55-19)45-15-42-21-25(37)38-12-39-26(21)45/h12-15,19-20,23,29H,7-11,16-17H2,1-6H3,(H2,37,38,39)(H,40,41,46)/t19-,20?,23?,29-,34?,58?,59?/m1/s1. The fourth-order valence-corrected chi connectivity index (χ4v) is 11.8. The van der Waals surface area contributed by atoms with Crippen LogP contribution in [0.15, 0.2) is 35.9 Å². The van der Waals surface area contributed by atoms with Crippen LogP contribution in [-0.4, -0.2) is 100 Å². The number of nitrogens with one attached hydrogen (secondary N) is 1. The fourth-order valence-electron chi connectivity index (χ4n) is 6.34. The van der Waals surface area contributed by atoms with Crippen LogP contribution in [0.5, 0.6) is 0 Å². The average Bonchev–Trinajstić information content (AvgIpc) is 3.95. The van der Waals surface area contributed by atoms with Gasteiger partial charge in [-0.25, -0.2) is 42.8 Å². The maximum Gasteiger partial charge on any atom is 0.443 e. The molecular weight excluding hydrogens is 891 g/mol. The van der Waals surface area contributed by atoms with E-state index in [-0.39, 0.29) is 46.7 Å². The van der Waals surface area contributed by atoms with Gasteiger partial charge in [0.05, 0.1) is 42.4 Å². The first-order chi connectivity index (χ1) is 28.6. The average molecular weight is 934 g/mol. The maximum absolute atomic E-state index is 17.5. The summed E-state index contributed by atoms with van der Waals surface area (Å²) in [5.74, 6) is -3.00. The van der Waals surface area contributed by atoms with Crippen molar-refractivity contribution >= 4 is 82.1 Å². The summed E-state index contributed by atoms with van der Waals surface area (Å²) >= 11 is 0.820. The molecule has 0 radical (unpaired) electrons. The van der Waals surface area contributed by atoms with Crippen molar-refractivity contribution in [2.75, 3.05) is 30.8 Å². The number of fused-ring (bicyclic) bond motifs is 4. The highest BCUT2D eigenvalue weighted by Gasteiger charge is 2.54. The van der Waals surface area contributed by atoms with E-state index in [1.165, 1.54) is 21.8 Å². The van der Waals surface area contributed by atoms with Gasteiger partial charge in [0.1, 0.15) is 42.3 Å². The first-order valence-corrected chi connectivity index (χ1v) is 24.9. The van der Waals surface area contributed by atoms with Crippen LogP contribution in [0.4, 0.5) is 14.6 Å². The number of alkyl halides is 2. The summed E-state index contributed by atoms with van der Waals surface area (Å²) in [4.78, 5) is 60.9. The summed E-state index contributed by atoms with van der Waals surface area (Å²) < 4.78 is 107. The number of nitrogen functional groups attached to an aromatic ring is 1. The quantitative estimate of drug-likeness (QED) is 0.115. The molecule has 6 heterocycles. The largest absolute Gasteiger partial charge is 0.454 e. The van der Waals surface area contributed by atoms with Crippen molar-refractivity contribution in [3.8, 4) is 0 Å². The van der Waals surface area contributed by atoms with Crippen LogP contribution < -0.4 is 11.3 Å². The minimum atomic E-state index is -4.75. The van der Waals surface area contributed by atoms with Crippen molar-refractivity contribution in [1.82, 2.24) is 39.0 Å². The minimum Gasteiger partial charge on any atom is -0.454 e. The molecule has 4 aromatic heterocycles. The van der Waals surface area contributed by atoms with Gasteiger partial charge in [0.15, 0.2) is 46.5 Å². The number of nitrogens with zero attached hydrogens (tertiary/aromatic N) is 7. The molecule has 1 aliphatic carbocycles. The van der Waals surface area contributed by atoms with Gasteiger partial charge in [-0.3, -0.25) is 32.6 Å². The molecule has 0 bridgehead atoms. The molecule has 2 fully saturated rings. The summed E-state index contributed by atoms with van der Waals surface area (Å²) in [5.41, 5.74) is 1.20. The van der Waals surface area contributed by atoms with E-state index < -0.39 is 109 Å². The van der Waals surface area contributed by atoms with Gasteiger partial charge in [0, 0.05) is 29.2 Å². The molecule has 21 nitrogen and oxygen atoms in total. The third-order valence-corrected chi connectivity index (χ3v) is 16.2. The van der Waals surface area contributed by atoms with Crippen LogP contribution in [-0.2, 0) is 51.0 Å². The Morgan fingerprint density at radius 3 is 2.31 bits per heavy atom. The number of H-pyrrole nitrogens is 1. The number of nitrogens with two attached hydrogens (primary N) is 1. The molecule has 27 heteroatoms. The zero-order valence-corrected chi connectivity index (χ0v) is 37.1. The number of aromatic nitrogens is 8. The number of allylic oxidation sites excluding steroid dienone is 2. The van der Waals surface area contributed by atoms with Crippen LogP contribution >= 0.6 is 36.4 Å². The van der Waals surface area contributed by atoms with Crippen LogP contribution in [0, 0.1) is 10.8 Å². The molecular formula is C34H43F2N9O12P2S2. The predicted molar refractivity (Wildman–Crippen MR) is 217 cm³/mol. The highest BCUT2D eigenvalue weighted by atomic mass is 32.7. The molecule has 2 saturated heterocycles. The zero-order chi connectivity index (χ0) is 44.1. The van der Waals surface area contributed by atoms with E-state index >= 15 is 8.78 Å². The summed E-state index contributed by atoms with van der Waals surface area (Å²) in [6.45, 7) is -1.19. The number of halogens is 2. The predicted octanol–water partition coefficient (Wildman–Crippen LogP) is 6.06. The number of esters is 2. The molecule has 3 N–H and O–H groups in total. The van der Waals surface area contributed by atoms with E-state index in [1.807, 2.05) is 0 Å². The molecule has 3 aliphatic rings. The van der Waals surface area contributed by atoms with Crippen molar-refractivity contribution in [2.24, 2.45) is 10.8 Å². The smallest absolute Gasteiger partial charge is 0.443 e. The monoisotopic (exact) mass is 933 g/mol. The molecule has 0 spiro atoms. The van der Waals surface area contributed by atoms with Crippen LogP contribution in [0.1, 0.15) is 67.0 Å². The van der Waals surface area contributed by atoms with Crippen molar-refractivity contribution in [3.05, 3.63) is 41.4 Å². The summed E-state index contributed by atoms with van der Waals surface area (Å²) in [6.07, 6.45) is -3.42. The van der Waals surface area contributed by atoms with E-state index in [0.29, 0.717) is 22.8 Å². The second-order valence-corrected chi connectivity index (χ2v) is 24.1. The lowest BCUT2D eigenvalue weighted by atomic mass is 9.98. The van der Waals surface area contributed by atoms with Crippen molar-refractivity contribution in [2.45, 2.75) is 91.1 Å². The molecule has 4 aromatic rings. The van der Waals surface area contributed by atoms with E-state index in [1.54, 1.807) is 41.5 Å². The number of carbonyl (C=O) groups is 2. The lowest BCUT2D eigenvalue weighted by molar-refractivity contribution is -0.151. The Kier molecular flexibility index (Phi) is 12.5. The number of imidazole rings is 2. The number of carbonyl (C=O) groups excluding carboxylic acids is 2. The minimum absolute atomic E-state index is 0.00327. The Morgan fingerprint density at radius 2 is 1.62 bits per heavy atom. The second kappa shape index (κ2) is 17.0. The van der Waals surface area contributed by atoms with Crippen molar-refractivity contribution in [1.29, 1.82) is 0 Å². The highest BCUT2D eigenvalue weighted by molar-refractivity contribution is 8.55. The normalized spacial score (nSPS) is 29.0. The van der Waals surface area contributed by atoms with Crippen LogP contribution in [0.25, 0.3) is 28.0 Å². The highest BCUT2D eigenvalue weighted by Crippen LogP contribution is 2.67. The van der Waals surface area contributed by atoms with Gasteiger partial charge in [0.2, 0.25) is 0 Å². The number of hydrogen-bond donors (Lipinski definition) is 2. The third kappa shape index (κ3) is 9.39. The Bertz CT molecular complexity index is 2530. The molecule has 0 aromatic carbocycles. The van der Waals surface area contributed by atoms with Gasteiger partial charge >= 0.3 is 25.5 Å². The molecule has 5 unspecified atom stereocenters. The first kappa shape index (κ1) is 45.1. The second-order valence-electron chi connectivity index (χ2n) is 16.1. The Hall–Kier alpha value is -3.96. The lowest BCUT2D eigenvalue weighted by Crippen LogP contribution is -2.33. The van der Waals surface area contributed by atoms with Gasteiger partial charge in [0.25, 0.3) is 5.56 Å². The summed E-state index contributed by atoms with van der Waals surface area (Å²) in [6, 6.07) is 0. The maximum atomic E-state index is 17.5. The zero-order valence-electron chi connectivity index (χ0n) is 33.6. The number of ether oxygens (including phenoxy) is 3. The van der Waals surface area contributed by atoms with Crippen LogP contribution in [0.2, 0.25) is 0 Å². The van der Waals surface area contributed by atoms with Gasteiger partial charge < -0.3 is 34.0 Å². The summed E-state index contributed by atoms with van der Waals surface area (Å²) in [7, 11) is 0. The Morgan fingerprint density at radius 1 is 0.951 bits per heavy atom. The molecule has 2 aliphatic heterocycles. The van der Waals surface area contributed by atoms with Crippen molar-refractivity contribution < 1.29 is 59.8 Å². The van der Waals surface area contributed by atoms with Gasteiger partial charge in [-0.2, -0.15) is 0 Å². The summed E-state index contributed by atoms with van der Waals surface area (Å²) in [5, 5.41) is 0. The molecule has 0 saturated carbocycles. The lowest BCUT2D eigenvalue weighted by Gasteiger charge is -2.28. The first-order valence-electron chi connectivity index (χ1n) is 18.7. The van der Waals surface area contributed by atoms with E-state index in [4.69, 9.17) is 38.0 Å². The number of aromatic amines is 1.